The zero-order valence-electron chi connectivity index (χ0n) is 11.8. The zero-order chi connectivity index (χ0) is 13.8. The van der Waals surface area contributed by atoms with Gasteiger partial charge in [-0.05, 0) is 49.1 Å². The van der Waals surface area contributed by atoms with Crippen LogP contribution in [-0.4, -0.2) is 17.6 Å². The van der Waals surface area contributed by atoms with Crippen LogP contribution < -0.4 is 5.73 Å². The van der Waals surface area contributed by atoms with Crippen molar-refractivity contribution in [3.05, 3.63) is 42.1 Å². The summed E-state index contributed by atoms with van der Waals surface area (Å²) in [6, 6.07) is 10.4. The summed E-state index contributed by atoms with van der Waals surface area (Å²) in [5.74, 6) is 0.533. The van der Waals surface area contributed by atoms with Crippen LogP contribution in [0, 0.1) is 5.92 Å². The number of fused-ring (bicyclic) bond motifs is 1. The van der Waals surface area contributed by atoms with E-state index in [1.807, 2.05) is 12.3 Å². The first-order valence-electron chi connectivity index (χ1n) is 7.52. The Morgan fingerprint density at radius 1 is 1.20 bits per heavy atom. The predicted octanol–water partition coefficient (Wildman–Crippen LogP) is 3.27. The normalized spacial score (nSPS) is 23.1. The van der Waals surface area contributed by atoms with Gasteiger partial charge in [0, 0.05) is 11.6 Å². The van der Waals surface area contributed by atoms with Crippen LogP contribution in [-0.2, 0) is 11.3 Å². The molecule has 3 rings (SSSR count). The fourth-order valence-corrected chi connectivity index (χ4v) is 3.08. The predicted molar refractivity (Wildman–Crippen MR) is 81.3 cm³/mol. The van der Waals surface area contributed by atoms with Gasteiger partial charge < -0.3 is 10.5 Å². The molecule has 2 unspecified atom stereocenters. The first-order valence-corrected chi connectivity index (χ1v) is 7.52. The smallest absolute Gasteiger partial charge is 0.0721 e. The van der Waals surface area contributed by atoms with Gasteiger partial charge in [0.25, 0.3) is 0 Å². The molecule has 0 radical (unpaired) electrons. The second-order valence-electron chi connectivity index (χ2n) is 5.66. The van der Waals surface area contributed by atoms with Crippen molar-refractivity contribution < 1.29 is 4.74 Å². The molecule has 0 aliphatic heterocycles. The van der Waals surface area contributed by atoms with Crippen molar-refractivity contribution >= 4 is 10.9 Å². The highest BCUT2D eigenvalue weighted by Crippen LogP contribution is 2.27. The molecule has 1 aliphatic carbocycles. The van der Waals surface area contributed by atoms with Gasteiger partial charge >= 0.3 is 0 Å². The van der Waals surface area contributed by atoms with E-state index in [4.69, 9.17) is 10.5 Å². The molecule has 2 N–H and O–H groups in total. The molecule has 3 heteroatoms. The summed E-state index contributed by atoms with van der Waals surface area (Å²) < 4.78 is 6.12. The minimum absolute atomic E-state index is 0.332. The third kappa shape index (κ3) is 3.00. The number of ether oxygens (including phenoxy) is 1. The molecule has 20 heavy (non-hydrogen) atoms. The molecule has 1 aromatic carbocycles. The summed E-state index contributed by atoms with van der Waals surface area (Å²) in [5.41, 5.74) is 8.10. The average Bonchev–Trinajstić information content (AvgIpc) is 2.53. The van der Waals surface area contributed by atoms with Gasteiger partial charge in [0.1, 0.15) is 0 Å². The number of hydrogen-bond donors (Lipinski definition) is 1. The Morgan fingerprint density at radius 2 is 2.10 bits per heavy atom. The molecule has 0 saturated heterocycles. The number of rotatable bonds is 4. The first-order chi connectivity index (χ1) is 9.86. The molecule has 106 valence electrons. The molecule has 1 aliphatic rings. The molecule has 0 amide bonds. The SMILES string of the molecule is NCC1CCCCC1OCc1ccc2ncccc2c1. The third-order valence-electron chi connectivity index (χ3n) is 4.27. The summed E-state index contributed by atoms with van der Waals surface area (Å²) >= 11 is 0. The number of hydrogen-bond acceptors (Lipinski definition) is 3. The summed E-state index contributed by atoms with van der Waals surface area (Å²) in [6.45, 7) is 1.41. The Bertz CT molecular complexity index is 570. The van der Waals surface area contributed by atoms with Crippen molar-refractivity contribution in [1.82, 2.24) is 4.98 Å². The fourth-order valence-electron chi connectivity index (χ4n) is 3.08. The van der Waals surface area contributed by atoms with Gasteiger partial charge in [0.15, 0.2) is 0 Å². The average molecular weight is 270 g/mol. The highest BCUT2D eigenvalue weighted by molar-refractivity contribution is 5.78. The van der Waals surface area contributed by atoms with Crippen molar-refractivity contribution in [3.63, 3.8) is 0 Å². The van der Waals surface area contributed by atoms with Crippen LogP contribution in [0.25, 0.3) is 10.9 Å². The van der Waals surface area contributed by atoms with Crippen LogP contribution in [0.15, 0.2) is 36.5 Å². The highest BCUT2D eigenvalue weighted by atomic mass is 16.5. The summed E-state index contributed by atoms with van der Waals surface area (Å²) in [6.07, 6.45) is 7.08. The van der Waals surface area contributed by atoms with Gasteiger partial charge in [-0.15, -0.1) is 0 Å². The van der Waals surface area contributed by atoms with E-state index in [-0.39, 0.29) is 0 Å². The minimum Gasteiger partial charge on any atom is -0.373 e. The lowest BCUT2D eigenvalue weighted by Crippen LogP contribution is -2.33. The Hall–Kier alpha value is -1.45. The molecule has 2 atom stereocenters. The van der Waals surface area contributed by atoms with E-state index in [0.717, 1.165) is 18.5 Å². The van der Waals surface area contributed by atoms with Crippen molar-refractivity contribution in [1.29, 1.82) is 0 Å². The maximum Gasteiger partial charge on any atom is 0.0721 e. The monoisotopic (exact) mass is 270 g/mol. The Labute approximate surface area is 120 Å². The number of nitrogens with zero attached hydrogens (tertiary/aromatic N) is 1. The quantitative estimate of drug-likeness (QED) is 0.927. The van der Waals surface area contributed by atoms with Gasteiger partial charge in [-0.25, -0.2) is 0 Å². The van der Waals surface area contributed by atoms with E-state index in [1.165, 1.54) is 30.2 Å². The Kier molecular flexibility index (Phi) is 4.28. The van der Waals surface area contributed by atoms with Gasteiger partial charge in [0.05, 0.1) is 18.2 Å². The van der Waals surface area contributed by atoms with Gasteiger partial charge in [0.2, 0.25) is 0 Å². The van der Waals surface area contributed by atoms with E-state index in [2.05, 4.69) is 29.2 Å². The third-order valence-corrected chi connectivity index (χ3v) is 4.27. The molecular formula is C17H22N2O. The van der Waals surface area contributed by atoms with E-state index in [9.17, 15) is 0 Å². The summed E-state index contributed by atoms with van der Waals surface area (Å²) in [7, 11) is 0. The largest absolute Gasteiger partial charge is 0.373 e. The molecule has 0 bridgehead atoms. The number of aromatic nitrogens is 1. The summed E-state index contributed by atoms with van der Waals surface area (Å²) in [5, 5.41) is 1.17. The molecule has 1 saturated carbocycles. The van der Waals surface area contributed by atoms with Crippen molar-refractivity contribution in [2.24, 2.45) is 11.7 Å². The highest BCUT2D eigenvalue weighted by Gasteiger charge is 2.24. The first kappa shape index (κ1) is 13.5. The second kappa shape index (κ2) is 6.33. The topological polar surface area (TPSA) is 48.1 Å². The van der Waals surface area contributed by atoms with Crippen LogP contribution in [0.5, 0.6) is 0 Å². The van der Waals surface area contributed by atoms with E-state index < -0.39 is 0 Å². The van der Waals surface area contributed by atoms with Gasteiger partial charge in [-0.2, -0.15) is 0 Å². The molecule has 1 fully saturated rings. The summed E-state index contributed by atoms with van der Waals surface area (Å²) in [4.78, 5) is 4.34. The molecule has 0 spiro atoms. The second-order valence-corrected chi connectivity index (χ2v) is 5.66. The van der Waals surface area contributed by atoms with E-state index in [1.54, 1.807) is 0 Å². The minimum atomic E-state index is 0.332. The maximum absolute atomic E-state index is 6.12. The Morgan fingerprint density at radius 3 is 3.00 bits per heavy atom. The Balaban J connectivity index is 1.67. The molecule has 2 aromatic rings. The zero-order valence-corrected chi connectivity index (χ0v) is 11.8. The van der Waals surface area contributed by atoms with Crippen molar-refractivity contribution in [3.8, 4) is 0 Å². The molecule has 1 aromatic heterocycles. The van der Waals surface area contributed by atoms with E-state index >= 15 is 0 Å². The van der Waals surface area contributed by atoms with Crippen LogP contribution in [0.4, 0.5) is 0 Å². The fraction of sp³-hybridized carbons (Fsp3) is 0.471. The van der Waals surface area contributed by atoms with Crippen LogP contribution >= 0.6 is 0 Å². The molecular weight excluding hydrogens is 248 g/mol. The maximum atomic E-state index is 6.12. The standard InChI is InChI=1S/C17H22N2O/c18-11-15-4-1-2-6-17(15)20-12-13-7-8-16-14(10-13)5-3-9-19-16/h3,5,7-10,15,17H,1-2,4,6,11-12,18H2. The lowest BCUT2D eigenvalue weighted by atomic mass is 9.86. The lowest BCUT2D eigenvalue weighted by Gasteiger charge is -2.30. The van der Waals surface area contributed by atoms with Crippen LogP contribution in [0.2, 0.25) is 0 Å². The lowest BCUT2D eigenvalue weighted by molar-refractivity contribution is -0.0182. The number of benzene rings is 1. The molecule has 3 nitrogen and oxygen atoms in total. The van der Waals surface area contributed by atoms with Gasteiger partial charge in [-0.3, -0.25) is 4.98 Å². The number of pyridine rings is 1. The van der Waals surface area contributed by atoms with Gasteiger partial charge in [-0.1, -0.05) is 25.0 Å². The number of nitrogens with two attached hydrogens (primary N) is 1. The van der Waals surface area contributed by atoms with Crippen LogP contribution in [0.3, 0.4) is 0 Å². The van der Waals surface area contributed by atoms with Crippen molar-refractivity contribution in [2.45, 2.75) is 38.4 Å². The molecule has 1 heterocycles. The van der Waals surface area contributed by atoms with Crippen molar-refractivity contribution in [2.75, 3.05) is 6.54 Å². The van der Waals surface area contributed by atoms with E-state index in [0.29, 0.717) is 18.6 Å². The van der Waals surface area contributed by atoms with Crippen LogP contribution in [0.1, 0.15) is 31.2 Å².